The van der Waals surface area contributed by atoms with Gasteiger partial charge >= 0.3 is 0 Å². The number of nitrogens with one attached hydrogen (secondary N) is 1. The van der Waals surface area contributed by atoms with Gasteiger partial charge in [0, 0.05) is 32.4 Å². The average molecular weight is 266 g/mol. The molecule has 0 aromatic heterocycles. The number of ether oxygens (including phenoxy) is 1. The Hall–Kier alpha value is -1.13. The normalized spacial score (nSPS) is 19.4. The Morgan fingerprint density at radius 2 is 2.26 bits per heavy atom. The third-order valence-electron chi connectivity index (χ3n) is 3.57. The van der Waals surface area contributed by atoms with Crippen molar-refractivity contribution in [3.8, 4) is 0 Å². The third-order valence-corrected chi connectivity index (χ3v) is 3.57. The summed E-state index contributed by atoms with van der Waals surface area (Å²) in [4.78, 5) is 2.17. The Morgan fingerprint density at radius 3 is 2.95 bits per heavy atom. The maximum Gasteiger partial charge on any atom is 0.123 e. The standard InChI is InChI=1S/C15H23FN2O/c1-17-10-12-9-13(16)6-7-15(12)18(2)11-14-5-3-4-8-19-14/h6-7,9,14,17H,3-5,8,10-11H2,1-2H3. The van der Waals surface area contributed by atoms with Crippen LogP contribution in [-0.2, 0) is 11.3 Å². The Balaban J connectivity index is 2.06. The summed E-state index contributed by atoms with van der Waals surface area (Å²) in [6, 6.07) is 4.97. The van der Waals surface area contributed by atoms with E-state index in [9.17, 15) is 4.39 Å². The molecule has 0 spiro atoms. The highest BCUT2D eigenvalue weighted by atomic mass is 19.1. The lowest BCUT2D eigenvalue weighted by atomic mass is 10.1. The van der Waals surface area contributed by atoms with Crippen LogP contribution in [0.4, 0.5) is 10.1 Å². The molecule has 0 aliphatic carbocycles. The van der Waals surface area contributed by atoms with Crippen molar-refractivity contribution in [2.45, 2.75) is 31.9 Å². The molecule has 2 rings (SSSR count). The molecule has 0 radical (unpaired) electrons. The van der Waals surface area contributed by atoms with Crippen LogP contribution in [0.5, 0.6) is 0 Å². The van der Waals surface area contributed by atoms with Gasteiger partial charge < -0.3 is 15.0 Å². The lowest BCUT2D eigenvalue weighted by molar-refractivity contribution is 0.0216. The van der Waals surface area contributed by atoms with E-state index < -0.39 is 0 Å². The van der Waals surface area contributed by atoms with E-state index in [0.717, 1.165) is 30.8 Å². The number of rotatable bonds is 5. The van der Waals surface area contributed by atoms with E-state index in [-0.39, 0.29) is 5.82 Å². The minimum absolute atomic E-state index is 0.184. The molecule has 0 saturated carbocycles. The van der Waals surface area contributed by atoms with Gasteiger partial charge in [-0.25, -0.2) is 4.39 Å². The largest absolute Gasteiger partial charge is 0.376 e. The van der Waals surface area contributed by atoms with E-state index >= 15 is 0 Å². The molecule has 0 amide bonds. The first-order chi connectivity index (χ1) is 9.20. The fraction of sp³-hybridized carbons (Fsp3) is 0.600. The molecule has 1 aromatic rings. The second-order valence-corrected chi connectivity index (χ2v) is 5.17. The molecule has 1 fully saturated rings. The lowest BCUT2D eigenvalue weighted by Crippen LogP contribution is -2.34. The second kappa shape index (κ2) is 6.87. The Morgan fingerprint density at radius 1 is 1.42 bits per heavy atom. The molecule has 4 heteroatoms. The molecular formula is C15H23FN2O. The van der Waals surface area contributed by atoms with Crippen LogP contribution in [0.15, 0.2) is 18.2 Å². The predicted molar refractivity (Wildman–Crippen MR) is 76.0 cm³/mol. The summed E-state index contributed by atoms with van der Waals surface area (Å²) < 4.78 is 19.1. The summed E-state index contributed by atoms with van der Waals surface area (Å²) in [5, 5.41) is 3.09. The quantitative estimate of drug-likeness (QED) is 0.886. The summed E-state index contributed by atoms with van der Waals surface area (Å²) in [6.07, 6.45) is 3.83. The highest BCUT2D eigenvalue weighted by Crippen LogP contribution is 2.23. The molecule has 1 aliphatic heterocycles. The van der Waals surface area contributed by atoms with E-state index in [1.807, 2.05) is 20.2 Å². The van der Waals surface area contributed by atoms with Crippen LogP contribution in [0.3, 0.4) is 0 Å². The van der Waals surface area contributed by atoms with Crippen molar-refractivity contribution >= 4 is 5.69 Å². The van der Waals surface area contributed by atoms with Crippen LogP contribution < -0.4 is 10.2 Å². The summed E-state index contributed by atoms with van der Waals surface area (Å²) in [7, 11) is 3.92. The van der Waals surface area contributed by atoms with Crippen LogP contribution in [0.2, 0.25) is 0 Å². The molecule has 1 aliphatic rings. The highest BCUT2D eigenvalue weighted by molar-refractivity contribution is 5.53. The van der Waals surface area contributed by atoms with Crippen LogP contribution in [0, 0.1) is 5.82 Å². The highest BCUT2D eigenvalue weighted by Gasteiger charge is 2.17. The van der Waals surface area contributed by atoms with Crippen molar-refractivity contribution in [1.29, 1.82) is 0 Å². The van der Waals surface area contributed by atoms with Crippen LogP contribution >= 0.6 is 0 Å². The zero-order valence-electron chi connectivity index (χ0n) is 11.8. The summed E-state index contributed by atoms with van der Waals surface area (Å²) in [6.45, 7) is 2.40. The molecule has 106 valence electrons. The third kappa shape index (κ3) is 3.91. The zero-order valence-corrected chi connectivity index (χ0v) is 11.8. The van der Waals surface area contributed by atoms with Gasteiger partial charge in [-0.05, 0) is 50.1 Å². The van der Waals surface area contributed by atoms with Gasteiger partial charge in [-0.2, -0.15) is 0 Å². The minimum Gasteiger partial charge on any atom is -0.376 e. The first-order valence-corrected chi connectivity index (χ1v) is 6.96. The molecule has 1 saturated heterocycles. The van der Waals surface area contributed by atoms with Crippen LogP contribution in [-0.4, -0.2) is 33.4 Å². The minimum atomic E-state index is -0.184. The Labute approximate surface area is 114 Å². The van der Waals surface area contributed by atoms with E-state index in [0.29, 0.717) is 12.6 Å². The van der Waals surface area contributed by atoms with Gasteiger partial charge in [0.1, 0.15) is 5.82 Å². The number of hydrogen-bond acceptors (Lipinski definition) is 3. The fourth-order valence-electron chi connectivity index (χ4n) is 2.61. The zero-order chi connectivity index (χ0) is 13.7. The van der Waals surface area contributed by atoms with Gasteiger partial charge in [-0.15, -0.1) is 0 Å². The molecule has 1 atom stereocenters. The summed E-state index contributed by atoms with van der Waals surface area (Å²) in [5.74, 6) is -0.184. The number of anilines is 1. The van der Waals surface area contributed by atoms with Crippen molar-refractivity contribution in [3.05, 3.63) is 29.6 Å². The number of likely N-dealkylation sites (N-methyl/N-ethyl adjacent to an activating group) is 1. The first-order valence-electron chi connectivity index (χ1n) is 6.96. The van der Waals surface area contributed by atoms with E-state index in [2.05, 4.69) is 10.2 Å². The van der Waals surface area contributed by atoms with Gasteiger partial charge in [0.25, 0.3) is 0 Å². The summed E-state index contributed by atoms with van der Waals surface area (Å²) in [5.41, 5.74) is 2.06. The Kier molecular flexibility index (Phi) is 5.16. The van der Waals surface area contributed by atoms with Gasteiger partial charge in [-0.1, -0.05) is 0 Å². The molecular weight excluding hydrogens is 243 g/mol. The van der Waals surface area contributed by atoms with Crippen molar-refractivity contribution in [3.63, 3.8) is 0 Å². The van der Waals surface area contributed by atoms with Gasteiger partial charge in [0.05, 0.1) is 6.10 Å². The van der Waals surface area contributed by atoms with Gasteiger partial charge in [0.2, 0.25) is 0 Å². The van der Waals surface area contributed by atoms with Gasteiger partial charge in [0.15, 0.2) is 0 Å². The lowest BCUT2D eigenvalue weighted by Gasteiger charge is -2.30. The van der Waals surface area contributed by atoms with E-state index in [4.69, 9.17) is 4.74 Å². The summed E-state index contributed by atoms with van der Waals surface area (Å²) >= 11 is 0. The number of halogens is 1. The van der Waals surface area contributed by atoms with Gasteiger partial charge in [-0.3, -0.25) is 0 Å². The predicted octanol–water partition coefficient (Wildman–Crippen LogP) is 2.55. The second-order valence-electron chi connectivity index (χ2n) is 5.17. The maximum absolute atomic E-state index is 13.3. The maximum atomic E-state index is 13.3. The smallest absolute Gasteiger partial charge is 0.123 e. The van der Waals surface area contributed by atoms with Crippen LogP contribution in [0.1, 0.15) is 24.8 Å². The fourth-order valence-corrected chi connectivity index (χ4v) is 2.61. The molecule has 1 N–H and O–H groups in total. The Bertz CT molecular complexity index is 405. The van der Waals surface area contributed by atoms with Crippen molar-refractivity contribution in [2.75, 3.05) is 32.1 Å². The van der Waals surface area contributed by atoms with Crippen molar-refractivity contribution in [2.24, 2.45) is 0 Å². The SMILES string of the molecule is CNCc1cc(F)ccc1N(C)CC1CCCCO1. The number of hydrogen-bond donors (Lipinski definition) is 1. The van der Waals surface area contributed by atoms with Crippen molar-refractivity contribution < 1.29 is 9.13 Å². The molecule has 1 aromatic carbocycles. The number of benzene rings is 1. The molecule has 1 unspecified atom stereocenters. The average Bonchev–Trinajstić information content (AvgIpc) is 2.40. The van der Waals surface area contributed by atoms with E-state index in [1.165, 1.54) is 18.9 Å². The van der Waals surface area contributed by atoms with Crippen LogP contribution in [0.25, 0.3) is 0 Å². The molecule has 3 nitrogen and oxygen atoms in total. The number of nitrogens with zero attached hydrogens (tertiary/aromatic N) is 1. The topological polar surface area (TPSA) is 24.5 Å². The molecule has 0 bridgehead atoms. The van der Waals surface area contributed by atoms with E-state index in [1.54, 1.807) is 6.07 Å². The van der Waals surface area contributed by atoms with Crippen molar-refractivity contribution in [1.82, 2.24) is 5.32 Å². The monoisotopic (exact) mass is 266 g/mol. The first kappa shape index (κ1) is 14.3. The molecule has 19 heavy (non-hydrogen) atoms. The molecule has 1 heterocycles.